The van der Waals surface area contributed by atoms with Gasteiger partial charge in [0.1, 0.15) is 6.61 Å². The first-order valence-corrected chi connectivity index (χ1v) is 13.6. The van der Waals surface area contributed by atoms with Crippen molar-refractivity contribution in [3.63, 3.8) is 0 Å². The van der Waals surface area contributed by atoms with Crippen molar-refractivity contribution < 1.29 is 14.3 Å². The number of hydrogen-bond donors (Lipinski definition) is 3. The summed E-state index contributed by atoms with van der Waals surface area (Å²) < 4.78 is 6.23. The molecule has 0 unspecified atom stereocenters. The van der Waals surface area contributed by atoms with Crippen LogP contribution in [0.3, 0.4) is 0 Å². The summed E-state index contributed by atoms with van der Waals surface area (Å²) in [4.78, 5) is 35.1. The number of ether oxygens (including phenoxy) is 1. The number of cyclic esters (lactones) is 1. The zero-order valence-corrected chi connectivity index (χ0v) is 22.6. The van der Waals surface area contributed by atoms with E-state index >= 15 is 0 Å². The summed E-state index contributed by atoms with van der Waals surface area (Å²) in [6.45, 7) is 8.61. The van der Waals surface area contributed by atoms with E-state index < -0.39 is 0 Å². The number of amides is 2. The average Bonchev–Trinajstić information content (AvgIpc) is 3.57. The van der Waals surface area contributed by atoms with E-state index in [0.29, 0.717) is 30.6 Å². The van der Waals surface area contributed by atoms with Gasteiger partial charge in [0.15, 0.2) is 5.82 Å². The molecule has 2 aromatic heterocycles. The minimum atomic E-state index is -0.364. The summed E-state index contributed by atoms with van der Waals surface area (Å²) in [7, 11) is 0. The van der Waals surface area contributed by atoms with Gasteiger partial charge in [-0.2, -0.15) is 4.98 Å². The number of benzene rings is 2. The Kier molecular flexibility index (Phi) is 7.74. The van der Waals surface area contributed by atoms with Crippen molar-refractivity contribution in [1.82, 2.24) is 9.97 Å². The second kappa shape index (κ2) is 11.5. The van der Waals surface area contributed by atoms with Crippen molar-refractivity contribution in [2.24, 2.45) is 5.92 Å². The first-order chi connectivity index (χ1) is 18.9. The Bertz CT molecular complexity index is 1480. The molecule has 2 aromatic carbocycles. The van der Waals surface area contributed by atoms with Crippen molar-refractivity contribution in [3.8, 4) is 0 Å². The van der Waals surface area contributed by atoms with Crippen molar-refractivity contribution in [3.05, 3.63) is 78.2 Å². The molecule has 0 bridgehead atoms. The van der Waals surface area contributed by atoms with Gasteiger partial charge in [0, 0.05) is 23.6 Å². The summed E-state index contributed by atoms with van der Waals surface area (Å²) >= 11 is 1.52. The zero-order chi connectivity index (χ0) is 27.4. The minimum Gasteiger partial charge on any atom is -0.447 e. The summed E-state index contributed by atoms with van der Waals surface area (Å²) in [5.41, 5.74) is 4.56. The molecular weight excluding hydrogens is 512 g/mol. The molecule has 1 fully saturated rings. The largest absolute Gasteiger partial charge is 0.447 e. The van der Waals surface area contributed by atoms with Gasteiger partial charge in [-0.25, -0.2) is 9.78 Å². The Morgan fingerprint density at radius 2 is 1.79 bits per heavy atom. The second-order valence-corrected chi connectivity index (χ2v) is 10.4. The SMILES string of the molecule is C=CC(=O)Nc1ccc(Nc2ccc(CCNc3nc(N4C(=O)OC[C@@H]4C(C)C)c4sccc4n3)cc2)cc1. The molecule has 1 saturated heterocycles. The van der Waals surface area contributed by atoms with Crippen LogP contribution >= 0.6 is 11.3 Å². The van der Waals surface area contributed by atoms with E-state index in [4.69, 9.17) is 9.72 Å². The molecule has 0 spiro atoms. The molecule has 5 rings (SSSR count). The van der Waals surface area contributed by atoms with E-state index in [1.807, 2.05) is 47.8 Å². The number of carbonyl (C=O) groups is 2. The number of nitrogens with one attached hydrogen (secondary N) is 3. The van der Waals surface area contributed by atoms with Crippen LogP contribution in [0, 0.1) is 5.92 Å². The predicted octanol–water partition coefficient (Wildman–Crippen LogP) is 6.20. The molecule has 200 valence electrons. The third-order valence-corrected chi connectivity index (χ3v) is 7.37. The Morgan fingerprint density at radius 3 is 2.49 bits per heavy atom. The quantitative estimate of drug-likeness (QED) is 0.205. The Balaban J connectivity index is 1.20. The van der Waals surface area contributed by atoms with Gasteiger partial charge in [0.2, 0.25) is 11.9 Å². The molecule has 1 aliphatic heterocycles. The van der Waals surface area contributed by atoms with E-state index in [-0.39, 0.29) is 24.0 Å². The maximum atomic E-state index is 12.6. The van der Waals surface area contributed by atoms with Gasteiger partial charge >= 0.3 is 6.09 Å². The van der Waals surface area contributed by atoms with Gasteiger partial charge in [-0.1, -0.05) is 32.6 Å². The highest BCUT2D eigenvalue weighted by molar-refractivity contribution is 7.17. The number of carbonyl (C=O) groups excluding carboxylic acids is 2. The van der Waals surface area contributed by atoms with Crippen LogP contribution < -0.4 is 20.9 Å². The first kappa shape index (κ1) is 26.2. The fourth-order valence-corrected chi connectivity index (χ4v) is 5.15. The van der Waals surface area contributed by atoms with Gasteiger partial charge in [0.05, 0.1) is 16.3 Å². The number of anilines is 5. The third-order valence-electron chi connectivity index (χ3n) is 6.47. The maximum Gasteiger partial charge on any atom is 0.415 e. The van der Waals surface area contributed by atoms with Gasteiger partial charge in [-0.05, 0) is 71.8 Å². The van der Waals surface area contributed by atoms with E-state index in [1.165, 1.54) is 17.4 Å². The number of fused-ring (bicyclic) bond motifs is 1. The lowest BCUT2D eigenvalue weighted by Gasteiger charge is -2.24. The van der Waals surface area contributed by atoms with Crippen molar-refractivity contribution in [2.45, 2.75) is 26.3 Å². The highest BCUT2D eigenvalue weighted by atomic mass is 32.1. The lowest BCUT2D eigenvalue weighted by Crippen LogP contribution is -2.38. The number of nitrogens with zero attached hydrogens (tertiary/aromatic N) is 3. The number of aromatic nitrogens is 2. The van der Waals surface area contributed by atoms with Crippen LogP contribution in [0.1, 0.15) is 19.4 Å². The van der Waals surface area contributed by atoms with Crippen LogP contribution in [-0.2, 0) is 16.0 Å². The van der Waals surface area contributed by atoms with Crippen LogP contribution in [0.25, 0.3) is 10.2 Å². The smallest absolute Gasteiger partial charge is 0.415 e. The Hall–Kier alpha value is -4.44. The van der Waals surface area contributed by atoms with Crippen LogP contribution in [0.4, 0.5) is 33.6 Å². The van der Waals surface area contributed by atoms with Gasteiger partial charge in [-0.15, -0.1) is 11.3 Å². The van der Waals surface area contributed by atoms with Gasteiger partial charge < -0.3 is 20.7 Å². The van der Waals surface area contributed by atoms with Gasteiger partial charge in [0.25, 0.3) is 0 Å². The number of rotatable bonds is 10. The highest BCUT2D eigenvalue weighted by Crippen LogP contribution is 2.35. The lowest BCUT2D eigenvalue weighted by molar-refractivity contribution is -0.111. The predicted molar refractivity (Wildman–Crippen MR) is 157 cm³/mol. The zero-order valence-electron chi connectivity index (χ0n) is 21.8. The van der Waals surface area contributed by atoms with Crippen molar-refractivity contribution >= 4 is 62.4 Å². The molecular formula is C29H30N6O3S. The second-order valence-electron chi connectivity index (χ2n) is 9.53. The summed E-state index contributed by atoms with van der Waals surface area (Å²) in [6, 6.07) is 17.6. The number of thiophene rings is 1. The van der Waals surface area contributed by atoms with Crippen molar-refractivity contribution in [2.75, 3.05) is 34.0 Å². The monoisotopic (exact) mass is 542 g/mol. The van der Waals surface area contributed by atoms with Gasteiger partial charge in [-0.3, -0.25) is 9.69 Å². The normalized spacial score (nSPS) is 14.9. The topological polar surface area (TPSA) is 108 Å². The molecule has 3 N–H and O–H groups in total. The molecule has 0 radical (unpaired) electrons. The average molecular weight is 543 g/mol. The standard InChI is InChI=1S/C29H30N6O3S/c1-4-25(36)32-22-11-9-21(10-12-22)31-20-7-5-19(6-8-20)13-15-30-28-33-23-14-16-39-26(23)27(34-28)35-24(18(2)3)17-38-29(35)37/h4-12,14,16,18,24,31H,1,13,15,17H2,2-3H3,(H,32,36)(H,30,33,34)/t24-/m1/s1. The van der Waals surface area contributed by atoms with Crippen LogP contribution in [0.15, 0.2) is 72.6 Å². The van der Waals surface area contributed by atoms with E-state index in [1.54, 1.807) is 4.90 Å². The first-order valence-electron chi connectivity index (χ1n) is 12.8. The summed E-state index contributed by atoms with van der Waals surface area (Å²) in [6.07, 6.45) is 1.65. The summed E-state index contributed by atoms with van der Waals surface area (Å²) in [5, 5.41) is 11.4. The fraction of sp³-hybridized carbons (Fsp3) is 0.241. The lowest BCUT2D eigenvalue weighted by atomic mass is 10.0. The highest BCUT2D eigenvalue weighted by Gasteiger charge is 2.38. The summed E-state index contributed by atoms with van der Waals surface area (Å²) in [5.74, 6) is 1.09. The molecule has 1 aliphatic rings. The maximum absolute atomic E-state index is 12.6. The molecule has 4 aromatic rings. The van der Waals surface area contributed by atoms with E-state index in [2.05, 4.69) is 53.5 Å². The van der Waals surface area contributed by atoms with E-state index in [9.17, 15) is 9.59 Å². The van der Waals surface area contributed by atoms with Crippen LogP contribution in [0.2, 0.25) is 0 Å². The van der Waals surface area contributed by atoms with Crippen molar-refractivity contribution in [1.29, 1.82) is 0 Å². The molecule has 0 saturated carbocycles. The molecule has 2 amide bonds. The molecule has 39 heavy (non-hydrogen) atoms. The molecule has 9 nitrogen and oxygen atoms in total. The molecule has 10 heteroatoms. The molecule has 3 heterocycles. The van der Waals surface area contributed by atoms with Crippen LogP contribution in [-0.4, -0.2) is 41.2 Å². The third kappa shape index (κ3) is 6.01. The minimum absolute atomic E-state index is 0.0614. The Morgan fingerprint density at radius 1 is 1.10 bits per heavy atom. The van der Waals surface area contributed by atoms with E-state index in [0.717, 1.165) is 33.6 Å². The van der Waals surface area contributed by atoms with Crippen LogP contribution in [0.5, 0.6) is 0 Å². The molecule has 0 aliphatic carbocycles. The molecule has 1 atom stereocenters. The fourth-order valence-electron chi connectivity index (χ4n) is 4.33. The Labute approximate surface area is 230 Å². The number of hydrogen-bond acceptors (Lipinski definition) is 8.